The molecule has 0 spiro atoms. The minimum Gasteiger partial charge on any atom is -0.481 e. The zero-order valence-corrected chi connectivity index (χ0v) is 39.7. The second kappa shape index (κ2) is 26.9. The van der Waals surface area contributed by atoms with Crippen LogP contribution in [0.3, 0.4) is 0 Å². The topological polar surface area (TPSA) is 498 Å². The number of rotatable bonds is 14. The second-order valence-electron chi connectivity index (χ2n) is 17.3. The lowest BCUT2D eigenvalue weighted by Crippen LogP contribution is -2.65. The highest BCUT2D eigenvalue weighted by Crippen LogP contribution is 2.31. The summed E-state index contributed by atoms with van der Waals surface area (Å²) in [5.41, 5.74) is 11.5. The van der Waals surface area contributed by atoms with Crippen LogP contribution in [0.15, 0.2) is 0 Å². The molecule has 408 valence electrons. The van der Waals surface area contributed by atoms with Crippen LogP contribution in [0.2, 0.25) is 0 Å². The number of hydrogen-bond acceptors (Lipinski definition) is 25. The van der Waals surface area contributed by atoms with Crippen LogP contribution in [-0.4, -0.2) is 264 Å². The zero-order valence-electron chi connectivity index (χ0n) is 38.1. The summed E-state index contributed by atoms with van der Waals surface area (Å²) < 4.78 is 33.2. The number of ether oxygens (including phenoxy) is 6. The van der Waals surface area contributed by atoms with Gasteiger partial charge in [-0.05, 0) is 19.3 Å². The monoisotopic (exact) mass is 1080 g/mol. The van der Waals surface area contributed by atoms with Crippen molar-refractivity contribution in [2.45, 2.75) is 148 Å². The minimum absolute atomic E-state index is 0.0354. The van der Waals surface area contributed by atoms with Crippen LogP contribution in [0, 0.1) is 0 Å². The third-order valence-electron chi connectivity index (χ3n) is 12.0. The molecule has 5 saturated heterocycles. The lowest BCUT2D eigenvalue weighted by molar-refractivity contribution is -0.364. The number of nitrogens with two attached hydrogens (primary N) is 2. The number of primary amides is 1. The van der Waals surface area contributed by atoms with E-state index < -0.39 is 209 Å². The molecular formula is C39H61N7O24S2. The average Bonchev–Trinajstić information content (AvgIpc) is 3.83. The first-order chi connectivity index (χ1) is 34.0. The average molecular weight is 1080 g/mol. The number of carboxylic acid groups (broad SMARTS) is 2. The van der Waals surface area contributed by atoms with Gasteiger partial charge in [0.25, 0.3) is 0 Å². The molecular weight excluding hydrogens is 1010 g/mol. The maximum Gasteiger partial charge on any atom is 0.327 e. The number of nitrogens with zero attached hydrogens (tertiary/aromatic N) is 1. The van der Waals surface area contributed by atoms with Gasteiger partial charge >= 0.3 is 11.9 Å². The molecule has 33 heteroatoms. The summed E-state index contributed by atoms with van der Waals surface area (Å²) in [5.74, 6) is -9.88. The Hall–Kier alpha value is -4.14. The van der Waals surface area contributed by atoms with Gasteiger partial charge in [-0.15, -0.1) is 0 Å². The lowest BCUT2D eigenvalue weighted by atomic mass is 9.98. The lowest BCUT2D eigenvalue weighted by Gasteiger charge is -2.46. The quantitative estimate of drug-likeness (QED) is 0.0718. The van der Waals surface area contributed by atoms with Gasteiger partial charge in [-0.25, -0.2) is 4.79 Å². The Kier molecular flexibility index (Phi) is 21.9. The predicted octanol–water partition coefficient (Wildman–Crippen LogP) is -9.79. The molecule has 31 nitrogen and oxygen atoms in total. The number of carboxylic acids is 2. The molecule has 0 aromatic heterocycles. The predicted molar refractivity (Wildman–Crippen MR) is 237 cm³/mol. The first-order valence-electron chi connectivity index (χ1n) is 22.5. The van der Waals surface area contributed by atoms with Crippen LogP contribution in [-0.2, 0) is 66.8 Å². The maximum atomic E-state index is 14.3. The highest BCUT2D eigenvalue weighted by atomic mass is 33.1. The Morgan fingerprint density at radius 1 is 0.708 bits per heavy atom. The summed E-state index contributed by atoms with van der Waals surface area (Å²) in [6.07, 6.45) is -25.7. The second-order valence-corrected chi connectivity index (χ2v) is 19.9. The van der Waals surface area contributed by atoms with Gasteiger partial charge in [0, 0.05) is 24.5 Å². The molecule has 5 heterocycles. The number of amides is 6. The number of aliphatic carboxylic acids is 2. The van der Waals surface area contributed by atoms with E-state index >= 15 is 0 Å². The molecule has 0 aromatic rings. The molecule has 0 aliphatic carbocycles. The Morgan fingerprint density at radius 2 is 1.31 bits per heavy atom. The first kappa shape index (κ1) is 58.7. The van der Waals surface area contributed by atoms with Gasteiger partial charge in [0.2, 0.25) is 35.4 Å². The van der Waals surface area contributed by atoms with E-state index in [2.05, 4.69) is 21.3 Å². The summed E-state index contributed by atoms with van der Waals surface area (Å²) in [6, 6.07) is -9.82. The van der Waals surface area contributed by atoms with Crippen molar-refractivity contribution in [3.05, 3.63) is 0 Å². The van der Waals surface area contributed by atoms with E-state index in [-0.39, 0.29) is 30.9 Å². The standard InChI is InChI=1S/C39H61N7O24S2/c40-13-11-71-72-12-17(36(63)64)45-34(61)18-2-1-5-46(18)35(62)15(6-22(41)50)43-33(60)16(44-32(59)14(42-31(13)58)3-4-23(51)52)8-65-38-28(57)30(25(54)21(7-47)68-38)70-39-27(56)29(20(49)10-67-39)69-37-26(55)24(53)19(48)9-66-37/h13-21,24-30,37-39,47-49,53-57H,1-12,40H2,(H2,41,50)(H,42,58)(H,43,60)(H,44,59)(H,45,61)(H,51,52)(H,63,64)/t13-,14-,15-,16-,17-,18-,19+,20+,21+,24-,25+,26+,27+,28+,29-,30-,37+,38+,39+/m0/s1. The molecule has 19 atom stereocenters. The van der Waals surface area contributed by atoms with Gasteiger partial charge in [-0.3, -0.25) is 33.6 Å². The fourth-order valence-electron chi connectivity index (χ4n) is 8.01. The smallest absolute Gasteiger partial charge is 0.327 e. The molecule has 6 amide bonds. The molecule has 0 saturated carbocycles. The molecule has 5 aliphatic heterocycles. The van der Waals surface area contributed by atoms with Crippen LogP contribution in [0.4, 0.5) is 0 Å². The van der Waals surface area contributed by atoms with Crippen LogP contribution in [0.5, 0.6) is 0 Å². The number of fused-ring (bicyclic) bond motifs is 1. The van der Waals surface area contributed by atoms with E-state index in [1.165, 1.54) is 0 Å². The Labute approximate surface area is 416 Å². The number of nitrogens with one attached hydrogen (secondary N) is 4. The third kappa shape index (κ3) is 15.2. The van der Waals surface area contributed by atoms with E-state index in [1.807, 2.05) is 0 Å². The number of hydrogen-bond donors (Lipinski definition) is 16. The van der Waals surface area contributed by atoms with Crippen LogP contribution < -0.4 is 32.7 Å². The van der Waals surface area contributed by atoms with Gasteiger partial charge in [-0.2, -0.15) is 0 Å². The Bertz CT molecular complexity index is 1930. The number of aliphatic hydroxyl groups is 8. The molecule has 5 fully saturated rings. The van der Waals surface area contributed by atoms with Gasteiger partial charge in [-0.1, -0.05) is 21.6 Å². The molecule has 72 heavy (non-hydrogen) atoms. The van der Waals surface area contributed by atoms with Gasteiger partial charge in [0.1, 0.15) is 91.2 Å². The van der Waals surface area contributed by atoms with Crippen molar-refractivity contribution in [3.63, 3.8) is 0 Å². The van der Waals surface area contributed by atoms with Crippen LogP contribution >= 0.6 is 21.6 Å². The van der Waals surface area contributed by atoms with Crippen molar-refractivity contribution in [2.75, 3.05) is 44.5 Å². The summed E-state index contributed by atoms with van der Waals surface area (Å²) in [5, 5.41) is 113. The van der Waals surface area contributed by atoms with Gasteiger partial charge in [0.15, 0.2) is 18.9 Å². The van der Waals surface area contributed by atoms with E-state index in [4.69, 9.17) is 39.9 Å². The maximum absolute atomic E-state index is 14.3. The van der Waals surface area contributed by atoms with Gasteiger partial charge in [0.05, 0.1) is 38.9 Å². The zero-order chi connectivity index (χ0) is 53.1. The van der Waals surface area contributed by atoms with Crippen LogP contribution in [0.25, 0.3) is 0 Å². The SMILES string of the molecule is NC(=O)C[C@@H]1NC(=O)[C@H](CO[C@@H]2O[C@H](CO)[C@@H](O)[C@H](O[C@H]3OC[C@@H](O)[C@H](O[C@H]4OC[C@@H](O)[C@H](O)[C@H]4O)[C@H]3O)[C@H]2O)NC(=O)[C@H](CCC(=O)O)NC(=O)[C@@H](N)CSSC[C@@H](C(=O)O)NC(=O)[C@@H]2CCCN2C1=O. The highest BCUT2D eigenvalue weighted by molar-refractivity contribution is 8.76. The Balaban J connectivity index is 1.42. The molecule has 0 radical (unpaired) electrons. The van der Waals surface area contributed by atoms with Crippen molar-refractivity contribution >= 4 is 69.0 Å². The molecule has 0 unspecified atom stereocenters. The van der Waals surface area contributed by atoms with E-state index in [1.54, 1.807) is 0 Å². The van der Waals surface area contributed by atoms with E-state index in [0.29, 0.717) is 0 Å². The normalized spacial score (nSPS) is 39.2. The molecule has 5 rings (SSSR count). The molecule has 0 bridgehead atoms. The van der Waals surface area contributed by atoms with E-state index in [9.17, 15) is 89.4 Å². The summed E-state index contributed by atoms with van der Waals surface area (Å²) >= 11 is 0. The minimum atomic E-state index is -2.15. The third-order valence-corrected chi connectivity index (χ3v) is 14.4. The summed E-state index contributed by atoms with van der Waals surface area (Å²) in [4.78, 5) is 106. The number of aliphatic hydroxyl groups excluding tert-OH is 8. The van der Waals surface area contributed by atoms with Crippen molar-refractivity contribution in [1.82, 2.24) is 26.2 Å². The van der Waals surface area contributed by atoms with Crippen molar-refractivity contribution in [2.24, 2.45) is 11.5 Å². The largest absolute Gasteiger partial charge is 0.481 e. The molecule has 5 aliphatic rings. The fourth-order valence-corrected chi connectivity index (χ4v) is 10.3. The van der Waals surface area contributed by atoms with Crippen molar-refractivity contribution in [1.29, 1.82) is 0 Å². The van der Waals surface area contributed by atoms with Crippen LogP contribution in [0.1, 0.15) is 32.1 Å². The van der Waals surface area contributed by atoms with Crippen molar-refractivity contribution < 1.29 is 118 Å². The Morgan fingerprint density at radius 3 is 1.96 bits per heavy atom. The highest BCUT2D eigenvalue weighted by Gasteiger charge is 2.52. The van der Waals surface area contributed by atoms with Crippen molar-refractivity contribution in [3.8, 4) is 0 Å². The first-order valence-corrected chi connectivity index (χ1v) is 24.9. The summed E-state index contributed by atoms with van der Waals surface area (Å²) in [7, 11) is 1.85. The molecule has 18 N–H and O–H groups in total. The van der Waals surface area contributed by atoms with Gasteiger partial charge < -0.3 is 117 Å². The number of carbonyl (C=O) groups is 8. The fraction of sp³-hybridized carbons (Fsp3) is 0.795. The van der Waals surface area contributed by atoms with E-state index in [0.717, 1.165) is 26.5 Å². The summed E-state index contributed by atoms with van der Waals surface area (Å²) in [6.45, 7) is -3.31. The molecule has 0 aromatic carbocycles. The number of carbonyl (C=O) groups excluding carboxylic acids is 6.